The minimum absolute atomic E-state index is 0.307. The van der Waals surface area contributed by atoms with E-state index in [0.29, 0.717) is 5.54 Å². The van der Waals surface area contributed by atoms with Crippen LogP contribution in [0.1, 0.15) is 31.9 Å². The summed E-state index contributed by atoms with van der Waals surface area (Å²) >= 11 is 0. The fourth-order valence-corrected chi connectivity index (χ4v) is 4.49. The van der Waals surface area contributed by atoms with Crippen molar-refractivity contribution in [2.24, 2.45) is 11.8 Å². The van der Waals surface area contributed by atoms with Gasteiger partial charge in [0.1, 0.15) is 0 Å². The zero-order chi connectivity index (χ0) is 17.4. The molecule has 1 saturated carbocycles. The Labute approximate surface area is 152 Å². The van der Waals surface area contributed by atoms with Crippen LogP contribution in [0.25, 0.3) is 0 Å². The molecule has 4 rings (SSSR count). The highest BCUT2D eigenvalue weighted by atomic mass is 15.3. The Morgan fingerprint density at radius 3 is 1.64 bits per heavy atom. The lowest BCUT2D eigenvalue weighted by atomic mass is 10.1. The van der Waals surface area contributed by atoms with Crippen molar-refractivity contribution < 1.29 is 0 Å². The van der Waals surface area contributed by atoms with E-state index >= 15 is 0 Å². The second-order valence-electron chi connectivity index (χ2n) is 8.77. The van der Waals surface area contributed by atoms with Crippen LogP contribution >= 0.6 is 0 Å². The Bertz CT molecular complexity index is 636. The molecule has 0 aromatic heterocycles. The van der Waals surface area contributed by atoms with Gasteiger partial charge in [-0.25, -0.2) is 0 Å². The molecule has 1 aliphatic heterocycles. The van der Waals surface area contributed by atoms with E-state index in [2.05, 4.69) is 91.2 Å². The summed E-state index contributed by atoms with van der Waals surface area (Å²) in [5.41, 5.74) is 3.16. The highest BCUT2D eigenvalue weighted by Crippen LogP contribution is 2.51. The van der Waals surface area contributed by atoms with Gasteiger partial charge in [0.05, 0.1) is 0 Å². The summed E-state index contributed by atoms with van der Waals surface area (Å²) in [6, 6.07) is 22.6. The Morgan fingerprint density at radius 2 is 1.24 bits per heavy atom. The molecule has 2 heteroatoms. The van der Waals surface area contributed by atoms with Gasteiger partial charge in [-0.3, -0.25) is 9.80 Å². The largest absolute Gasteiger partial charge is 0.298 e. The fraction of sp³-hybridized carbons (Fsp3) is 0.478. The molecule has 2 nitrogen and oxygen atoms in total. The van der Waals surface area contributed by atoms with Gasteiger partial charge in [-0.15, -0.1) is 0 Å². The van der Waals surface area contributed by atoms with Gasteiger partial charge >= 0.3 is 0 Å². The minimum Gasteiger partial charge on any atom is -0.298 e. The molecular weight excluding hydrogens is 304 g/mol. The summed E-state index contributed by atoms with van der Waals surface area (Å²) in [6.07, 6.45) is 0. The molecule has 132 valence electrons. The lowest BCUT2D eigenvalue weighted by Gasteiger charge is -2.35. The summed E-state index contributed by atoms with van der Waals surface area (Å²) in [6.45, 7) is 11.7. The van der Waals surface area contributed by atoms with Crippen molar-refractivity contribution >= 4 is 0 Å². The molecule has 1 aliphatic carbocycles. The molecule has 3 atom stereocenters. The van der Waals surface area contributed by atoms with Crippen LogP contribution in [0.15, 0.2) is 60.7 Å². The summed E-state index contributed by atoms with van der Waals surface area (Å²) in [4.78, 5) is 5.39. The third-order valence-electron chi connectivity index (χ3n) is 5.98. The van der Waals surface area contributed by atoms with E-state index in [1.165, 1.54) is 24.2 Å². The van der Waals surface area contributed by atoms with E-state index in [9.17, 15) is 0 Å². The van der Waals surface area contributed by atoms with E-state index in [0.717, 1.165) is 31.0 Å². The van der Waals surface area contributed by atoms with Gasteiger partial charge in [-0.1, -0.05) is 60.7 Å². The Balaban J connectivity index is 1.48. The third kappa shape index (κ3) is 3.65. The fourth-order valence-electron chi connectivity index (χ4n) is 4.49. The van der Waals surface area contributed by atoms with E-state index in [4.69, 9.17) is 0 Å². The van der Waals surface area contributed by atoms with Crippen LogP contribution in [0.3, 0.4) is 0 Å². The predicted octanol–water partition coefficient (Wildman–Crippen LogP) is 4.42. The zero-order valence-electron chi connectivity index (χ0n) is 15.7. The molecule has 1 heterocycles. The molecule has 0 radical (unpaired) electrons. The van der Waals surface area contributed by atoms with Gasteiger partial charge < -0.3 is 0 Å². The molecule has 0 bridgehead atoms. The van der Waals surface area contributed by atoms with Crippen LogP contribution in [-0.4, -0.2) is 34.5 Å². The molecular formula is C23H30N2. The van der Waals surface area contributed by atoms with Crippen molar-refractivity contribution in [3.8, 4) is 0 Å². The molecule has 2 aliphatic rings. The number of hydrogen-bond acceptors (Lipinski definition) is 2. The maximum absolute atomic E-state index is 2.72. The van der Waals surface area contributed by atoms with Crippen molar-refractivity contribution in [3.63, 3.8) is 0 Å². The number of hydrogen-bond donors (Lipinski definition) is 0. The van der Waals surface area contributed by atoms with Crippen LogP contribution in [-0.2, 0) is 13.1 Å². The van der Waals surface area contributed by atoms with E-state index in [-0.39, 0.29) is 0 Å². The first kappa shape index (κ1) is 16.8. The van der Waals surface area contributed by atoms with Crippen molar-refractivity contribution in [1.82, 2.24) is 9.80 Å². The average Bonchev–Trinajstić information content (AvgIpc) is 3.08. The number of rotatable bonds is 5. The third-order valence-corrected chi connectivity index (χ3v) is 5.98. The average molecular weight is 335 g/mol. The molecule has 1 unspecified atom stereocenters. The van der Waals surface area contributed by atoms with Gasteiger partial charge in [0.25, 0.3) is 0 Å². The van der Waals surface area contributed by atoms with Gasteiger partial charge in [0.15, 0.2) is 0 Å². The van der Waals surface area contributed by atoms with Gasteiger partial charge in [-0.2, -0.15) is 0 Å². The number of likely N-dealkylation sites (tertiary alicyclic amines) is 1. The first-order valence-corrected chi connectivity index (χ1v) is 9.59. The number of fused-ring (bicyclic) bond motifs is 1. The molecule has 2 fully saturated rings. The molecule has 0 N–H and O–H groups in total. The van der Waals surface area contributed by atoms with Crippen LogP contribution in [0.5, 0.6) is 0 Å². The second-order valence-corrected chi connectivity index (χ2v) is 8.77. The Morgan fingerprint density at radius 1 is 0.800 bits per heavy atom. The van der Waals surface area contributed by atoms with Crippen LogP contribution < -0.4 is 0 Å². The normalized spacial score (nSPS) is 26.0. The Kier molecular flexibility index (Phi) is 4.43. The molecule has 2 aromatic carbocycles. The highest BCUT2D eigenvalue weighted by Gasteiger charge is 2.59. The van der Waals surface area contributed by atoms with Gasteiger partial charge in [-0.05, 0) is 43.7 Å². The number of piperidine rings is 1. The second kappa shape index (κ2) is 6.59. The maximum atomic E-state index is 2.72. The number of nitrogens with zero attached hydrogens (tertiary/aromatic N) is 2. The van der Waals surface area contributed by atoms with E-state index in [1.54, 1.807) is 0 Å². The minimum atomic E-state index is 0.307. The topological polar surface area (TPSA) is 6.48 Å². The number of benzene rings is 2. The lowest BCUT2D eigenvalue weighted by Crippen LogP contribution is -2.43. The van der Waals surface area contributed by atoms with Crippen molar-refractivity contribution in [2.45, 2.75) is 45.4 Å². The summed E-state index contributed by atoms with van der Waals surface area (Å²) in [7, 11) is 0. The van der Waals surface area contributed by atoms with Crippen LogP contribution in [0.4, 0.5) is 0 Å². The molecule has 0 amide bonds. The maximum Gasteiger partial charge on any atom is 0.0240 e. The lowest BCUT2D eigenvalue weighted by molar-refractivity contribution is 0.122. The molecule has 0 spiro atoms. The molecule has 1 saturated heterocycles. The van der Waals surface area contributed by atoms with E-state index in [1.807, 2.05) is 0 Å². The van der Waals surface area contributed by atoms with Crippen LogP contribution in [0.2, 0.25) is 0 Å². The molecule has 2 aromatic rings. The van der Waals surface area contributed by atoms with Gasteiger partial charge in [0, 0.05) is 37.8 Å². The van der Waals surface area contributed by atoms with E-state index < -0.39 is 0 Å². The Hall–Kier alpha value is -1.64. The SMILES string of the molecule is CC(C)(C)N1C[C@@H]2C(N(Cc3ccccc3)Cc3ccccc3)[C@@H]2C1. The smallest absolute Gasteiger partial charge is 0.0240 e. The summed E-state index contributed by atoms with van der Waals surface area (Å²) in [5, 5.41) is 0. The zero-order valence-corrected chi connectivity index (χ0v) is 15.7. The van der Waals surface area contributed by atoms with Crippen molar-refractivity contribution in [2.75, 3.05) is 13.1 Å². The molecule has 25 heavy (non-hydrogen) atoms. The summed E-state index contributed by atoms with van der Waals surface area (Å²) < 4.78 is 0. The van der Waals surface area contributed by atoms with Crippen molar-refractivity contribution in [1.29, 1.82) is 0 Å². The standard InChI is InChI=1S/C23H30N2/c1-23(2,3)25-16-20-21(17-25)22(20)24(14-18-10-6-4-7-11-18)15-19-12-8-5-9-13-19/h4-13,20-22H,14-17H2,1-3H3/t20-,21+,22?. The highest BCUT2D eigenvalue weighted by molar-refractivity contribution is 5.20. The van der Waals surface area contributed by atoms with Crippen LogP contribution in [0, 0.1) is 11.8 Å². The first-order valence-electron chi connectivity index (χ1n) is 9.59. The monoisotopic (exact) mass is 334 g/mol. The van der Waals surface area contributed by atoms with Crippen molar-refractivity contribution in [3.05, 3.63) is 71.8 Å². The quantitative estimate of drug-likeness (QED) is 0.799. The summed E-state index contributed by atoms with van der Waals surface area (Å²) in [5.74, 6) is 1.71. The van der Waals surface area contributed by atoms with Gasteiger partial charge in [0.2, 0.25) is 0 Å². The first-order chi connectivity index (χ1) is 12.0. The predicted molar refractivity (Wildman–Crippen MR) is 104 cm³/mol.